The molecule has 0 fully saturated rings. The monoisotopic (exact) mass is 286 g/mol. The van der Waals surface area contributed by atoms with Gasteiger partial charge in [0.15, 0.2) is 0 Å². The van der Waals surface area contributed by atoms with Gasteiger partial charge in [-0.1, -0.05) is 23.2 Å². The van der Waals surface area contributed by atoms with Gasteiger partial charge in [0.1, 0.15) is 0 Å². The summed E-state index contributed by atoms with van der Waals surface area (Å²) in [5.74, 6) is 0. The Balaban J connectivity index is 3.34. The molecule has 10 heavy (non-hydrogen) atoms. The van der Waals surface area contributed by atoms with Gasteiger partial charge in [-0.25, -0.2) is 0 Å². The molecule has 0 nitrogen and oxygen atoms in total. The Kier molecular flexibility index (Phi) is 2.83. The van der Waals surface area contributed by atoms with Crippen LogP contribution in [0.25, 0.3) is 0 Å². The smallest absolute Gasteiger partial charge is 0.0632 e. The van der Waals surface area contributed by atoms with Crippen LogP contribution in [0, 0.1) is 10.5 Å². The lowest BCUT2D eigenvalue weighted by atomic mass is 10.2. The summed E-state index contributed by atoms with van der Waals surface area (Å²) in [5.41, 5.74) is 1.05. The molecule has 0 unspecified atom stereocenters. The molecular formula is C7H5Cl2I. The van der Waals surface area contributed by atoms with Crippen molar-refractivity contribution >= 4 is 45.8 Å². The Morgan fingerprint density at radius 3 is 2.40 bits per heavy atom. The third-order valence-corrected chi connectivity index (χ3v) is 3.34. The number of halogens is 3. The molecule has 1 aromatic carbocycles. The van der Waals surface area contributed by atoms with Gasteiger partial charge in [0, 0.05) is 3.57 Å². The summed E-state index contributed by atoms with van der Waals surface area (Å²) in [7, 11) is 0. The maximum atomic E-state index is 5.85. The van der Waals surface area contributed by atoms with Gasteiger partial charge in [-0.3, -0.25) is 0 Å². The molecule has 0 aromatic heterocycles. The Morgan fingerprint density at radius 1 is 1.30 bits per heavy atom. The van der Waals surface area contributed by atoms with Gasteiger partial charge in [-0.15, -0.1) is 0 Å². The molecule has 0 spiro atoms. The Morgan fingerprint density at radius 2 is 1.90 bits per heavy atom. The Hall–Kier alpha value is 0.530. The average molecular weight is 287 g/mol. The van der Waals surface area contributed by atoms with Gasteiger partial charge >= 0.3 is 0 Å². The highest BCUT2D eigenvalue weighted by molar-refractivity contribution is 14.1. The van der Waals surface area contributed by atoms with Gasteiger partial charge in [-0.2, -0.15) is 0 Å². The van der Waals surface area contributed by atoms with Crippen LogP contribution in [0.3, 0.4) is 0 Å². The molecule has 0 N–H and O–H groups in total. The van der Waals surface area contributed by atoms with Crippen molar-refractivity contribution in [2.24, 2.45) is 0 Å². The summed E-state index contributed by atoms with van der Waals surface area (Å²) < 4.78 is 1.15. The van der Waals surface area contributed by atoms with Crippen molar-refractivity contribution in [3.05, 3.63) is 31.3 Å². The number of benzene rings is 1. The fraction of sp³-hybridized carbons (Fsp3) is 0.143. The quantitative estimate of drug-likeness (QED) is 0.501. The van der Waals surface area contributed by atoms with Crippen molar-refractivity contribution < 1.29 is 0 Å². The summed E-state index contributed by atoms with van der Waals surface area (Å²) in [5, 5.41) is 1.29. The second kappa shape index (κ2) is 3.28. The summed E-state index contributed by atoms with van der Waals surface area (Å²) in [6.07, 6.45) is 0. The van der Waals surface area contributed by atoms with E-state index in [0.717, 1.165) is 9.13 Å². The normalized spacial score (nSPS) is 10.0. The SMILES string of the molecule is Cc1c(I)ccc(Cl)c1Cl. The second-order valence-electron chi connectivity index (χ2n) is 1.97. The lowest BCUT2D eigenvalue weighted by Crippen LogP contribution is -1.81. The van der Waals surface area contributed by atoms with E-state index in [1.165, 1.54) is 0 Å². The van der Waals surface area contributed by atoms with Gasteiger partial charge in [-0.05, 0) is 47.2 Å². The van der Waals surface area contributed by atoms with Crippen LogP contribution in [-0.4, -0.2) is 0 Å². The number of hydrogen-bond acceptors (Lipinski definition) is 0. The molecule has 0 amide bonds. The molecule has 0 bridgehead atoms. The molecule has 1 rings (SSSR count). The molecule has 0 aliphatic carbocycles. The van der Waals surface area contributed by atoms with Crippen molar-refractivity contribution in [1.29, 1.82) is 0 Å². The van der Waals surface area contributed by atoms with Crippen molar-refractivity contribution in [2.45, 2.75) is 6.92 Å². The summed E-state index contributed by atoms with van der Waals surface area (Å²) in [4.78, 5) is 0. The average Bonchev–Trinajstić information content (AvgIpc) is 1.93. The first-order valence-electron chi connectivity index (χ1n) is 2.73. The molecule has 0 saturated heterocycles. The van der Waals surface area contributed by atoms with Gasteiger partial charge < -0.3 is 0 Å². The van der Waals surface area contributed by atoms with E-state index in [1.54, 1.807) is 6.07 Å². The van der Waals surface area contributed by atoms with Crippen molar-refractivity contribution in [3.8, 4) is 0 Å². The molecular weight excluding hydrogens is 282 g/mol. The van der Waals surface area contributed by atoms with E-state index in [4.69, 9.17) is 23.2 Å². The van der Waals surface area contributed by atoms with Crippen molar-refractivity contribution in [1.82, 2.24) is 0 Å². The van der Waals surface area contributed by atoms with Crippen LogP contribution in [0.1, 0.15) is 5.56 Å². The van der Waals surface area contributed by atoms with Crippen LogP contribution >= 0.6 is 45.8 Å². The van der Waals surface area contributed by atoms with Crippen LogP contribution in [0.15, 0.2) is 12.1 Å². The predicted octanol–water partition coefficient (Wildman–Crippen LogP) is 3.91. The van der Waals surface area contributed by atoms with E-state index in [2.05, 4.69) is 22.6 Å². The van der Waals surface area contributed by atoms with Gasteiger partial charge in [0.25, 0.3) is 0 Å². The molecule has 0 aliphatic heterocycles. The lowest BCUT2D eigenvalue weighted by molar-refractivity contribution is 1.43. The number of rotatable bonds is 0. The first-order chi connectivity index (χ1) is 4.63. The van der Waals surface area contributed by atoms with E-state index in [-0.39, 0.29) is 0 Å². The first kappa shape index (κ1) is 8.62. The van der Waals surface area contributed by atoms with Crippen molar-refractivity contribution in [2.75, 3.05) is 0 Å². The highest BCUT2D eigenvalue weighted by Crippen LogP contribution is 2.28. The topological polar surface area (TPSA) is 0 Å². The minimum Gasteiger partial charge on any atom is -0.0827 e. The van der Waals surface area contributed by atoms with Gasteiger partial charge in [0.2, 0.25) is 0 Å². The zero-order chi connectivity index (χ0) is 7.72. The second-order valence-corrected chi connectivity index (χ2v) is 3.92. The molecule has 0 atom stereocenters. The minimum atomic E-state index is 0.625. The molecule has 54 valence electrons. The molecule has 0 radical (unpaired) electrons. The highest BCUT2D eigenvalue weighted by atomic mass is 127. The largest absolute Gasteiger partial charge is 0.0827 e. The standard InChI is InChI=1S/C7H5Cl2I/c1-4-6(10)3-2-5(8)7(4)9/h2-3H,1H3. The minimum absolute atomic E-state index is 0.625. The van der Waals surface area contributed by atoms with Crippen molar-refractivity contribution in [3.63, 3.8) is 0 Å². The zero-order valence-electron chi connectivity index (χ0n) is 5.29. The molecule has 0 heterocycles. The van der Waals surface area contributed by atoms with E-state index in [0.29, 0.717) is 10.0 Å². The third kappa shape index (κ3) is 1.57. The fourth-order valence-corrected chi connectivity index (χ4v) is 1.61. The van der Waals surface area contributed by atoms with E-state index in [9.17, 15) is 0 Å². The third-order valence-electron chi connectivity index (χ3n) is 1.27. The molecule has 0 aliphatic rings. The van der Waals surface area contributed by atoms with Crippen LogP contribution < -0.4 is 0 Å². The zero-order valence-corrected chi connectivity index (χ0v) is 8.96. The summed E-state index contributed by atoms with van der Waals surface area (Å²) in [6.45, 7) is 1.95. The highest BCUT2D eigenvalue weighted by Gasteiger charge is 2.02. The van der Waals surface area contributed by atoms with E-state index >= 15 is 0 Å². The van der Waals surface area contributed by atoms with E-state index in [1.807, 2.05) is 13.0 Å². The molecule has 0 saturated carbocycles. The van der Waals surface area contributed by atoms with E-state index < -0.39 is 0 Å². The number of hydrogen-bond donors (Lipinski definition) is 0. The molecule has 1 aromatic rings. The fourth-order valence-electron chi connectivity index (χ4n) is 0.628. The summed E-state index contributed by atoms with van der Waals surface area (Å²) >= 11 is 13.8. The summed E-state index contributed by atoms with van der Waals surface area (Å²) in [6, 6.07) is 3.75. The molecule has 3 heteroatoms. The van der Waals surface area contributed by atoms with Gasteiger partial charge in [0.05, 0.1) is 10.0 Å². The Labute approximate surface area is 83.7 Å². The Bertz CT molecular complexity index is 231. The van der Waals surface area contributed by atoms with Crippen LogP contribution in [0.4, 0.5) is 0 Å². The first-order valence-corrected chi connectivity index (χ1v) is 4.56. The maximum Gasteiger partial charge on any atom is 0.0632 e. The lowest BCUT2D eigenvalue weighted by Gasteiger charge is -2.01. The van der Waals surface area contributed by atoms with Crippen LogP contribution in [-0.2, 0) is 0 Å². The predicted molar refractivity (Wildman–Crippen MR) is 53.9 cm³/mol. The maximum absolute atomic E-state index is 5.85. The van der Waals surface area contributed by atoms with Crippen LogP contribution in [0.5, 0.6) is 0 Å². The van der Waals surface area contributed by atoms with Crippen LogP contribution in [0.2, 0.25) is 10.0 Å².